The second-order valence-corrected chi connectivity index (χ2v) is 6.90. The van der Waals surface area contributed by atoms with E-state index in [1.807, 2.05) is 17.7 Å². The monoisotopic (exact) mass is 382 g/mol. The van der Waals surface area contributed by atoms with Gasteiger partial charge in [-0.1, -0.05) is 6.92 Å². The van der Waals surface area contributed by atoms with Crippen molar-refractivity contribution in [1.82, 2.24) is 29.4 Å². The van der Waals surface area contributed by atoms with Crippen LogP contribution < -0.4 is 5.56 Å². The van der Waals surface area contributed by atoms with Crippen LogP contribution in [-0.2, 0) is 26.6 Å². The maximum Gasteiger partial charge on any atom is 0.254 e. The Hall–Kier alpha value is -3.20. The van der Waals surface area contributed by atoms with E-state index in [0.29, 0.717) is 43.0 Å². The van der Waals surface area contributed by atoms with Gasteiger partial charge < -0.3 is 15.0 Å². The van der Waals surface area contributed by atoms with Gasteiger partial charge in [0.05, 0.1) is 30.2 Å². The summed E-state index contributed by atoms with van der Waals surface area (Å²) in [5.74, 6) is -0.179. The number of carbonyl (C=O) groups excluding carboxylic acids is 1. The fourth-order valence-electron chi connectivity index (χ4n) is 3.50. The molecular formula is C19H22N6O3. The van der Waals surface area contributed by atoms with Crippen molar-refractivity contribution >= 4 is 5.91 Å². The van der Waals surface area contributed by atoms with Gasteiger partial charge in [-0.2, -0.15) is 10.2 Å². The number of amides is 1. The molecule has 1 amide bonds. The Balaban J connectivity index is 1.56. The SMILES string of the molecule is CCc1cc(C(=O)N2CCn3nc(C(O)c4ccnn4C)cc3C2)cc(=O)[nH]1. The number of H-pyrrole nitrogens is 1. The summed E-state index contributed by atoms with van der Waals surface area (Å²) < 4.78 is 3.42. The zero-order chi connectivity index (χ0) is 19.8. The van der Waals surface area contributed by atoms with Gasteiger partial charge in [-0.25, -0.2) is 0 Å². The van der Waals surface area contributed by atoms with Gasteiger partial charge in [-0.15, -0.1) is 0 Å². The van der Waals surface area contributed by atoms with Crippen molar-refractivity contribution < 1.29 is 9.90 Å². The molecule has 3 aromatic heterocycles. The fourth-order valence-corrected chi connectivity index (χ4v) is 3.50. The first-order valence-electron chi connectivity index (χ1n) is 9.21. The molecule has 0 aliphatic carbocycles. The molecule has 0 bridgehead atoms. The fraction of sp³-hybridized carbons (Fsp3) is 0.368. The summed E-state index contributed by atoms with van der Waals surface area (Å²) in [5.41, 5.74) is 2.88. The summed E-state index contributed by atoms with van der Waals surface area (Å²) in [7, 11) is 1.76. The Labute approximate surface area is 161 Å². The number of hydrogen-bond acceptors (Lipinski definition) is 5. The van der Waals surface area contributed by atoms with Crippen molar-refractivity contribution in [2.24, 2.45) is 7.05 Å². The second-order valence-electron chi connectivity index (χ2n) is 6.90. The van der Waals surface area contributed by atoms with Crippen LogP contribution in [-0.4, -0.2) is 47.0 Å². The highest BCUT2D eigenvalue weighted by Gasteiger charge is 2.26. The van der Waals surface area contributed by atoms with E-state index >= 15 is 0 Å². The molecule has 4 rings (SSSR count). The number of aliphatic hydroxyl groups excluding tert-OH is 1. The molecule has 4 heterocycles. The minimum atomic E-state index is -0.880. The van der Waals surface area contributed by atoms with Crippen molar-refractivity contribution in [2.45, 2.75) is 32.5 Å². The highest BCUT2D eigenvalue weighted by Crippen LogP contribution is 2.23. The third kappa shape index (κ3) is 3.24. The van der Waals surface area contributed by atoms with Crippen molar-refractivity contribution in [1.29, 1.82) is 0 Å². The third-order valence-electron chi connectivity index (χ3n) is 5.05. The topological polar surface area (TPSA) is 109 Å². The number of nitrogens with zero attached hydrogens (tertiary/aromatic N) is 5. The molecule has 2 N–H and O–H groups in total. The molecule has 28 heavy (non-hydrogen) atoms. The average Bonchev–Trinajstić information content (AvgIpc) is 3.31. The van der Waals surface area contributed by atoms with Crippen LogP contribution in [0.5, 0.6) is 0 Å². The number of aromatic amines is 1. The molecule has 0 spiro atoms. The average molecular weight is 382 g/mol. The van der Waals surface area contributed by atoms with E-state index < -0.39 is 6.10 Å². The maximum atomic E-state index is 12.9. The van der Waals surface area contributed by atoms with Crippen molar-refractivity contribution in [2.75, 3.05) is 6.54 Å². The highest BCUT2D eigenvalue weighted by atomic mass is 16.3. The Morgan fingerprint density at radius 1 is 1.32 bits per heavy atom. The van der Waals surface area contributed by atoms with Gasteiger partial charge in [0, 0.05) is 37.1 Å². The number of hydrogen-bond donors (Lipinski definition) is 2. The van der Waals surface area contributed by atoms with Gasteiger partial charge in [0.2, 0.25) is 5.56 Å². The van der Waals surface area contributed by atoms with Gasteiger partial charge in [0.25, 0.3) is 5.91 Å². The number of nitrogens with one attached hydrogen (secondary N) is 1. The molecule has 146 valence electrons. The van der Waals surface area contributed by atoms with Crippen LogP contribution in [0.3, 0.4) is 0 Å². The lowest BCUT2D eigenvalue weighted by Crippen LogP contribution is -2.38. The number of aryl methyl sites for hydroxylation is 2. The van der Waals surface area contributed by atoms with E-state index in [4.69, 9.17) is 0 Å². The molecule has 0 saturated carbocycles. The summed E-state index contributed by atoms with van der Waals surface area (Å²) >= 11 is 0. The Morgan fingerprint density at radius 3 is 2.86 bits per heavy atom. The molecule has 3 aromatic rings. The van der Waals surface area contributed by atoms with Gasteiger partial charge >= 0.3 is 0 Å². The molecule has 0 saturated heterocycles. The summed E-state index contributed by atoms with van der Waals surface area (Å²) in [5, 5.41) is 19.2. The Morgan fingerprint density at radius 2 is 2.14 bits per heavy atom. The molecule has 0 radical (unpaired) electrons. The maximum absolute atomic E-state index is 12.9. The largest absolute Gasteiger partial charge is 0.380 e. The van der Waals surface area contributed by atoms with Gasteiger partial charge in [-0.05, 0) is 24.6 Å². The quantitative estimate of drug-likeness (QED) is 0.687. The number of pyridine rings is 1. The van der Waals surface area contributed by atoms with Crippen LogP contribution >= 0.6 is 0 Å². The molecule has 1 aliphatic rings. The smallest absolute Gasteiger partial charge is 0.254 e. The minimum absolute atomic E-state index is 0.179. The van der Waals surface area contributed by atoms with Gasteiger partial charge in [0.1, 0.15) is 6.10 Å². The zero-order valence-electron chi connectivity index (χ0n) is 15.8. The van der Waals surface area contributed by atoms with E-state index in [0.717, 1.165) is 11.4 Å². The molecule has 1 aliphatic heterocycles. The molecule has 1 atom stereocenters. The number of rotatable bonds is 4. The van der Waals surface area contributed by atoms with E-state index in [1.54, 1.807) is 35.0 Å². The number of aromatic nitrogens is 5. The summed E-state index contributed by atoms with van der Waals surface area (Å²) in [6.45, 7) is 3.32. The second kappa shape index (κ2) is 7.08. The summed E-state index contributed by atoms with van der Waals surface area (Å²) in [6.07, 6.45) is 1.40. The first-order valence-corrected chi connectivity index (χ1v) is 9.21. The predicted octanol–water partition coefficient (Wildman–Crippen LogP) is 0.605. The van der Waals surface area contributed by atoms with Crippen LogP contribution in [0.1, 0.15) is 46.2 Å². The van der Waals surface area contributed by atoms with Gasteiger partial charge in [-0.3, -0.25) is 19.0 Å². The van der Waals surface area contributed by atoms with Crippen LogP contribution in [0.15, 0.2) is 35.3 Å². The lowest BCUT2D eigenvalue weighted by molar-refractivity contribution is 0.0705. The van der Waals surface area contributed by atoms with Gasteiger partial charge in [0.15, 0.2) is 0 Å². The number of carbonyl (C=O) groups is 1. The molecule has 9 heteroatoms. The summed E-state index contributed by atoms with van der Waals surface area (Å²) in [6, 6.07) is 6.63. The first kappa shape index (κ1) is 18.2. The van der Waals surface area contributed by atoms with Crippen LogP contribution in [0.2, 0.25) is 0 Å². The molecular weight excluding hydrogens is 360 g/mol. The van der Waals surface area contributed by atoms with Crippen LogP contribution in [0.25, 0.3) is 0 Å². The van der Waals surface area contributed by atoms with Crippen molar-refractivity contribution in [3.05, 3.63) is 69.2 Å². The number of fused-ring (bicyclic) bond motifs is 1. The van der Waals surface area contributed by atoms with E-state index in [-0.39, 0.29) is 11.5 Å². The summed E-state index contributed by atoms with van der Waals surface area (Å²) in [4.78, 5) is 29.1. The Bertz CT molecular complexity index is 1080. The van der Waals surface area contributed by atoms with Crippen LogP contribution in [0, 0.1) is 0 Å². The van der Waals surface area contributed by atoms with E-state index in [2.05, 4.69) is 15.2 Å². The Kier molecular flexibility index (Phi) is 4.60. The highest BCUT2D eigenvalue weighted by molar-refractivity contribution is 5.94. The molecule has 1 unspecified atom stereocenters. The molecule has 9 nitrogen and oxygen atoms in total. The van der Waals surface area contributed by atoms with Crippen LogP contribution in [0.4, 0.5) is 0 Å². The zero-order valence-corrected chi connectivity index (χ0v) is 15.8. The minimum Gasteiger partial charge on any atom is -0.380 e. The number of aliphatic hydroxyl groups is 1. The standard InChI is InChI=1S/C19H22N6O3/c1-3-13-8-12(9-17(26)21-13)19(28)24-6-7-25-14(11-24)10-15(22-25)18(27)16-4-5-20-23(16)2/h4-5,8-10,18,27H,3,6-7,11H2,1-2H3,(H,21,26). The predicted molar refractivity (Wildman–Crippen MR) is 101 cm³/mol. The van der Waals surface area contributed by atoms with Crippen molar-refractivity contribution in [3.8, 4) is 0 Å². The van der Waals surface area contributed by atoms with E-state index in [1.165, 1.54) is 6.07 Å². The molecule has 0 aromatic carbocycles. The van der Waals surface area contributed by atoms with E-state index in [9.17, 15) is 14.7 Å². The third-order valence-corrected chi connectivity index (χ3v) is 5.05. The molecule has 0 fully saturated rings. The normalized spacial score (nSPS) is 14.8. The van der Waals surface area contributed by atoms with Crippen molar-refractivity contribution in [3.63, 3.8) is 0 Å². The first-order chi connectivity index (χ1) is 13.5. The lowest BCUT2D eigenvalue weighted by atomic mass is 10.1. The lowest BCUT2D eigenvalue weighted by Gasteiger charge is -2.27.